The molecule has 0 bridgehead atoms. The highest BCUT2D eigenvalue weighted by atomic mass is 32.1. The number of ether oxygens (including phenoxy) is 1. The summed E-state index contributed by atoms with van der Waals surface area (Å²) in [6, 6.07) is 13.4. The van der Waals surface area contributed by atoms with E-state index in [-0.39, 0.29) is 18.4 Å². The van der Waals surface area contributed by atoms with Crippen LogP contribution in [0.3, 0.4) is 0 Å². The number of benzene rings is 2. The minimum absolute atomic E-state index is 0.0212. The van der Waals surface area contributed by atoms with Crippen LogP contribution in [0, 0.1) is 0 Å². The number of unbranched alkanes of at least 4 members (excludes halogenated alkanes) is 1. The third-order valence-corrected chi connectivity index (χ3v) is 5.38. The summed E-state index contributed by atoms with van der Waals surface area (Å²) in [5.41, 5.74) is 2.27. The van der Waals surface area contributed by atoms with E-state index in [9.17, 15) is 9.59 Å². The first kappa shape index (κ1) is 17.5. The van der Waals surface area contributed by atoms with Crippen LogP contribution in [0.5, 0.6) is 5.75 Å². The Morgan fingerprint density at radius 1 is 1.22 bits per heavy atom. The van der Waals surface area contributed by atoms with Crippen molar-refractivity contribution in [2.45, 2.75) is 25.7 Å². The quantitative estimate of drug-likeness (QED) is 0.633. The number of carbonyl (C=O) groups excluding carboxylic acids is 2. The lowest BCUT2D eigenvalue weighted by atomic mass is 10.2. The first-order chi connectivity index (χ1) is 13.2. The van der Waals surface area contributed by atoms with Crippen molar-refractivity contribution < 1.29 is 14.3 Å². The van der Waals surface area contributed by atoms with Crippen LogP contribution in [-0.4, -0.2) is 23.4 Å². The maximum Gasteiger partial charge on any atom is 0.262 e. The molecule has 6 nitrogen and oxygen atoms in total. The number of hydrogen-bond acceptors (Lipinski definition) is 5. The second-order valence-corrected chi connectivity index (χ2v) is 7.49. The van der Waals surface area contributed by atoms with E-state index in [1.165, 1.54) is 4.70 Å². The van der Waals surface area contributed by atoms with E-state index in [0.717, 1.165) is 29.8 Å². The van der Waals surface area contributed by atoms with Crippen LogP contribution >= 0.6 is 11.3 Å². The van der Waals surface area contributed by atoms with Crippen molar-refractivity contribution in [3.8, 4) is 5.75 Å². The average Bonchev–Trinajstić information content (AvgIpc) is 3.08. The van der Waals surface area contributed by atoms with E-state index in [1.54, 1.807) is 29.5 Å². The van der Waals surface area contributed by atoms with Gasteiger partial charge in [0.15, 0.2) is 6.61 Å². The minimum Gasteiger partial charge on any atom is -0.482 e. The van der Waals surface area contributed by atoms with Gasteiger partial charge in [0.1, 0.15) is 5.75 Å². The molecular weight excluding hydrogens is 362 g/mol. The van der Waals surface area contributed by atoms with Crippen molar-refractivity contribution in [3.63, 3.8) is 0 Å². The van der Waals surface area contributed by atoms with Crippen LogP contribution in [0.2, 0.25) is 0 Å². The molecule has 2 N–H and O–H groups in total. The molecule has 7 heteroatoms. The van der Waals surface area contributed by atoms with Crippen molar-refractivity contribution in [2.24, 2.45) is 0 Å². The summed E-state index contributed by atoms with van der Waals surface area (Å²) in [4.78, 5) is 28.2. The van der Waals surface area contributed by atoms with Crippen molar-refractivity contribution in [1.29, 1.82) is 0 Å². The van der Waals surface area contributed by atoms with Crippen molar-refractivity contribution in [1.82, 2.24) is 4.98 Å². The van der Waals surface area contributed by atoms with E-state index in [1.807, 2.05) is 18.2 Å². The smallest absolute Gasteiger partial charge is 0.262 e. The molecule has 0 saturated heterocycles. The van der Waals surface area contributed by atoms with Gasteiger partial charge in [0.2, 0.25) is 5.91 Å². The molecule has 1 aliphatic heterocycles. The van der Waals surface area contributed by atoms with E-state index < -0.39 is 0 Å². The van der Waals surface area contributed by atoms with Gasteiger partial charge in [0.05, 0.1) is 20.9 Å². The number of aromatic nitrogens is 1. The number of aryl methyl sites for hydroxylation is 1. The number of rotatable bonds is 6. The summed E-state index contributed by atoms with van der Waals surface area (Å²) in [5, 5.41) is 6.72. The minimum atomic E-state index is -0.194. The molecule has 1 aromatic heterocycles. The molecule has 0 radical (unpaired) electrons. The van der Waals surface area contributed by atoms with Crippen LogP contribution in [0.25, 0.3) is 10.2 Å². The average molecular weight is 381 g/mol. The maximum atomic E-state index is 12.2. The van der Waals surface area contributed by atoms with Crippen molar-refractivity contribution in [3.05, 3.63) is 47.5 Å². The van der Waals surface area contributed by atoms with Gasteiger partial charge < -0.3 is 15.4 Å². The maximum absolute atomic E-state index is 12.2. The zero-order valence-corrected chi connectivity index (χ0v) is 15.5. The number of thiazole rings is 1. The molecule has 0 aliphatic carbocycles. The van der Waals surface area contributed by atoms with Crippen molar-refractivity contribution >= 4 is 44.7 Å². The Hall–Kier alpha value is -2.93. The van der Waals surface area contributed by atoms with Crippen molar-refractivity contribution in [2.75, 3.05) is 17.2 Å². The van der Waals surface area contributed by atoms with E-state index in [4.69, 9.17) is 4.74 Å². The second-order valence-electron chi connectivity index (χ2n) is 6.38. The molecule has 2 heterocycles. The molecule has 0 fully saturated rings. The highest BCUT2D eigenvalue weighted by Gasteiger charge is 2.16. The summed E-state index contributed by atoms with van der Waals surface area (Å²) in [6.07, 6.45) is 3.05. The van der Waals surface area contributed by atoms with Gasteiger partial charge in [0.25, 0.3) is 5.91 Å². The Balaban J connectivity index is 1.25. The number of amides is 2. The molecule has 27 heavy (non-hydrogen) atoms. The molecule has 0 saturated carbocycles. The summed E-state index contributed by atoms with van der Waals surface area (Å²) >= 11 is 1.71. The third-order valence-electron chi connectivity index (χ3n) is 4.28. The fourth-order valence-electron chi connectivity index (χ4n) is 2.97. The van der Waals surface area contributed by atoms with Crippen LogP contribution in [0.15, 0.2) is 42.5 Å². The molecule has 0 atom stereocenters. The number of para-hydroxylation sites is 1. The zero-order valence-electron chi connectivity index (χ0n) is 14.7. The Morgan fingerprint density at radius 2 is 2.11 bits per heavy atom. The Morgan fingerprint density at radius 3 is 3.00 bits per heavy atom. The van der Waals surface area contributed by atoms with Gasteiger partial charge >= 0.3 is 0 Å². The van der Waals surface area contributed by atoms with Crippen LogP contribution in [0.4, 0.5) is 11.4 Å². The van der Waals surface area contributed by atoms with Gasteiger partial charge in [0, 0.05) is 12.1 Å². The van der Waals surface area contributed by atoms with Crippen LogP contribution in [0.1, 0.15) is 24.3 Å². The van der Waals surface area contributed by atoms with Gasteiger partial charge in [-0.05, 0) is 49.6 Å². The van der Waals surface area contributed by atoms with Gasteiger partial charge in [-0.1, -0.05) is 12.1 Å². The number of fused-ring (bicyclic) bond motifs is 2. The lowest BCUT2D eigenvalue weighted by Gasteiger charge is -2.18. The monoisotopic (exact) mass is 381 g/mol. The fraction of sp³-hybridized carbons (Fsp3) is 0.250. The molecule has 138 valence electrons. The number of anilines is 2. The molecule has 2 aromatic carbocycles. The summed E-state index contributed by atoms with van der Waals surface area (Å²) in [7, 11) is 0. The summed E-state index contributed by atoms with van der Waals surface area (Å²) in [6.45, 7) is 0.0212. The standard InChI is InChI=1S/C20H19N3O3S/c24-18(21-13-9-10-16-15(11-13)22-19(25)12-26-16)7-3-4-8-20-23-14-5-1-2-6-17(14)27-20/h1-2,5-6,9-11H,3-4,7-8,12H2,(H,21,24)(H,22,25). The molecule has 3 aromatic rings. The van der Waals surface area contributed by atoms with E-state index in [2.05, 4.69) is 21.7 Å². The van der Waals surface area contributed by atoms with Gasteiger partial charge in [-0.2, -0.15) is 0 Å². The molecule has 1 aliphatic rings. The second kappa shape index (κ2) is 7.75. The van der Waals surface area contributed by atoms with Crippen LogP contribution < -0.4 is 15.4 Å². The molecule has 0 unspecified atom stereocenters. The highest BCUT2D eigenvalue weighted by molar-refractivity contribution is 7.18. The number of nitrogens with zero attached hydrogens (tertiary/aromatic N) is 1. The normalized spacial score (nSPS) is 13.0. The topological polar surface area (TPSA) is 80.3 Å². The number of carbonyl (C=O) groups is 2. The lowest BCUT2D eigenvalue weighted by molar-refractivity contribution is -0.118. The number of hydrogen-bond donors (Lipinski definition) is 2. The zero-order chi connectivity index (χ0) is 18.6. The first-order valence-electron chi connectivity index (χ1n) is 8.88. The van der Waals surface area contributed by atoms with Gasteiger partial charge in [-0.15, -0.1) is 11.3 Å². The molecule has 2 amide bonds. The number of nitrogens with one attached hydrogen (secondary N) is 2. The van der Waals surface area contributed by atoms with Crippen LogP contribution in [-0.2, 0) is 16.0 Å². The highest BCUT2D eigenvalue weighted by Crippen LogP contribution is 2.30. The predicted octanol–water partition coefficient (Wildman–Crippen LogP) is 3.98. The fourth-order valence-corrected chi connectivity index (χ4v) is 3.98. The van der Waals surface area contributed by atoms with E-state index in [0.29, 0.717) is 23.5 Å². The Kier molecular flexibility index (Phi) is 5.02. The molecular formula is C20H19N3O3S. The summed E-state index contributed by atoms with van der Waals surface area (Å²) in [5.74, 6) is 0.381. The predicted molar refractivity (Wildman–Crippen MR) is 106 cm³/mol. The largest absolute Gasteiger partial charge is 0.482 e. The summed E-state index contributed by atoms with van der Waals surface area (Å²) < 4.78 is 6.51. The SMILES string of the molecule is O=C(CCCCc1nc2ccccc2s1)Nc1ccc2c(c1)NC(=O)CO2. The molecule has 4 rings (SSSR count). The van der Waals surface area contributed by atoms with Gasteiger partial charge in [-0.3, -0.25) is 9.59 Å². The Bertz CT molecular complexity index is 966. The van der Waals surface area contributed by atoms with E-state index >= 15 is 0 Å². The third kappa shape index (κ3) is 4.25. The first-order valence-corrected chi connectivity index (χ1v) is 9.70. The van der Waals surface area contributed by atoms with Gasteiger partial charge in [-0.25, -0.2) is 4.98 Å². The lowest BCUT2D eigenvalue weighted by Crippen LogP contribution is -2.25. The Labute approximate surface area is 160 Å². The molecule has 0 spiro atoms.